The van der Waals surface area contributed by atoms with Crippen molar-refractivity contribution in [1.82, 2.24) is 20.1 Å². The van der Waals surface area contributed by atoms with Crippen LogP contribution >= 0.6 is 0 Å². The molecule has 2 unspecified atom stereocenters. The van der Waals surface area contributed by atoms with E-state index in [1.54, 1.807) is 13.0 Å². The molecule has 1 saturated heterocycles. The molecule has 0 aliphatic carbocycles. The number of ether oxygens (including phenoxy) is 1. The van der Waals surface area contributed by atoms with E-state index in [-0.39, 0.29) is 17.5 Å². The summed E-state index contributed by atoms with van der Waals surface area (Å²) in [5, 5.41) is 9.61. The van der Waals surface area contributed by atoms with Crippen LogP contribution in [0.25, 0.3) is 10.9 Å². The summed E-state index contributed by atoms with van der Waals surface area (Å²) in [5.41, 5.74) is 6.61. The zero-order valence-electron chi connectivity index (χ0n) is 18.1. The molecule has 3 aromatic rings. The van der Waals surface area contributed by atoms with E-state index in [0.717, 1.165) is 6.42 Å². The van der Waals surface area contributed by atoms with Gasteiger partial charge in [0.25, 0.3) is 0 Å². The van der Waals surface area contributed by atoms with E-state index in [9.17, 15) is 18.8 Å². The number of anilines is 1. The van der Waals surface area contributed by atoms with Crippen LogP contribution in [0.15, 0.2) is 30.6 Å². The van der Waals surface area contributed by atoms with Gasteiger partial charge in [0.15, 0.2) is 0 Å². The average Bonchev–Trinajstić information content (AvgIpc) is 3.24. The first-order valence-electron chi connectivity index (χ1n) is 10.4. The van der Waals surface area contributed by atoms with Crippen LogP contribution in [0.1, 0.15) is 36.9 Å². The Bertz CT molecular complexity index is 1240. The Labute approximate surface area is 188 Å². The van der Waals surface area contributed by atoms with Gasteiger partial charge in [0.1, 0.15) is 11.3 Å². The molecule has 1 aliphatic rings. The highest BCUT2D eigenvalue weighted by atomic mass is 19.1. The van der Waals surface area contributed by atoms with Crippen molar-refractivity contribution in [2.45, 2.75) is 32.7 Å². The Hall–Kier alpha value is -4.02. The SMILES string of the molecule is Cc1cc(NC(=O)C(=O)N2CC(C)CCC2c2cc(F)c3[nH]ncc3c2)cnc1OC(N)=O. The minimum atomic E-state index is -1.01. The van der Waals surface area contributed by atoms with Crippen molar-refractivity contribution in [2.24, 2.45) is 11.7 Å². The Morgan fingerprint density at radius 3 is 2.76 bits per heavy atom. The van der Waals surface area contributed by atoms with E-state index < -0.39 is 29.8 Å². The molecule has 4 N–H and O–H groups in total. The number of amides is 3. The van der Waals surface area contributed by atoms with Crippen molar-refractivity contribution in [2.75, 3.05) is 11.9 Å². The maximum atomic E-state index is 14.5. The monoisotopic (exact) mass is 454 g/mol. The quantitative estimate of drug-likeness (QED) is 0.519. The fourth-order valence-electron chi connectivity index (χ4n) is 4.10. The largest absolute Gasteiger partial charge is 0.411 e. The van der Waals surface area contributed by atoms with Gasteiger partial charge in [0.2, 0.25) is 5.88 Å². The van der Waals surface area contributed by atoms with Crippen LogP contribution in [-0.4, -0.2) is 44.5 Å². The summed E-state index contributed by atoms with van der Waals surface area (Å²) < 4.78 is 19.3. The minimum absolute atomic E-state index is 0.00779. The number of H-pyrrole nitrogens is 1. The molecule has 33 heavy (non-hydrogen) atoms. The van der Waals surface area contributed by atoms with Gasteiger partial charge < -0.3 is 20.7 Å². The molecular weight excluding hydrogens is 431 g/mol. The Kier molecular flexibility index (Phi) is 5.95. The predicted octanol–water partition coefficient (Wildman–Crippen LogP) is 2.80. The molecule has 2 atom stereocenters. The zero-order valence-corrected chi connectivity index (χ0v) is 18.1. The molecule has 4 rings (SSSR count). The van der Waals surface area contributed by atoms with Crippen LogP contribution in [0.2, 0.25) is 0 Å². The van der Waals surface area contributed by atoms with Gasteiger partial charge in [-0.3, -0.25) is 14.7 Å². The Balaban J connectivity index is 1.55. The summed E-state index contributed by atoms with van der Waals surface area (Å²) in [4.78, 5) is 42.2. The van der Waals surface area contributed by atoms with Crippen LogP contribution < -0.4 is 15.8 Å². The summed E-state index contributed by atoms with van der Waals surface area (Å²) >= 11 is 0. The minimum Gasteiger partial charge on any atom is -0.391 e. The molecule has 11 heteroatoms. The van der Waals surface area contributed by atoms with E-state index in [1.807, 2.05) is 6.92 Å². The van der Waals surface area contributed by atoms with Gasteiger partial charge >= 0.3 is 17.9 Å². The van der Waals surface area contributed by atoms with Crippen LogP contribution in [0, 0.1) is 18.7 Å². The number of carbonyl (C=O) groups is 3. The highest BCUT2D eigenvalue weighted by Gasteiger charge is 2.34. The molecule has 0 bridgehead atoms. The number of primary amides is 1. The summed E-state index contributed by atoms with van der Waals surface area (Å²) in [7, 11) is 0. The van der Waals surface area contributed by atoms with Crippen molar-refractivity contribution in [3.8, 4) is 5.88 Å². The smallest absolute Gasteiger partial charge is 0.391 e. The number of aryl methyl sites for hydroxylation is 1. The lowest BCUT2D eigenvalue weighted by Gasteiger charge is -2.38. The van der Waals surface area contributed by atoms with Crippen LogP contribution in [0.3, 0.4) is 0 Å². The maximum Gasteiger partial charge on any atom is 0.411 e. The summed E-state index contributed by atoms with van der Waals surface area (Å²) in [6.07, 6.45) is 3.21. The third-order valence-corrected chi connectivity index (χ3v) is 5.67. The lowest BCUT2D eigenvalue weighted by atomic mass is 9.89. The third-order valence-electron chi connectivity index (χ3n) is 5.67. The number of hydrogen-bond donors (Lipinski definition) is 3. The highest BCUT2D eigenvalue weighted by molar-refractivity contribution is 6.39. The van der Waals surface area contributed by atoms with E-state index >= 15 is 0 Å². The van der Waals surface area contributed by atoms with Gasteiger partial charge in [0.05, 0.1) is 24.1 Å². The zero-order chi connectivity index (χ0) is 23.7. The van der Waals surface area contributed by atoms with Crippen molar-refractivity contribution >= 4 is 34.5 Å². The number of pyridine rings is 1. The van der Waals surface area contributed by atoms with Gasteiger partial charge in [-0.05, 0) is 49.4 Å². The number of fused-ring (bicyclic) bond motifs is 1. The number of rotatable bonds is 3. The number of nitrogens with zero attached hydrogens (tertiary/aromatic N) is 3. The first-order chi connectivity index (χ1) is 15.7. The molecule has 3 heterocycles. The number of aromatic amines is 1. The molecule has 1 aromatic carbocycles. The van der Waals surface area contributed by atoms with E-state index in [1.165, 1.54) is 29.4 Å². The molecule has 2 aromatic heterocycles. The molecule has 10 nitrogen and oxygen atoms in total. The average molecular weight is 454 g/mol. The number of halogens is 1. The van der Waals surface area contributed by atoms with Crippen LogP contribution in [-0.2, 0) is 9.59 Å². The van der Waals surface area contributed by atoms with Gasteiger partial charge in [0, 0.05) is 17.5 Å². The van der Waals surface area contributed by atoms with Crippen molar-refractivity contribution in [3.63, 3.8) is 0 Å². The highest BCUT2D eigenvalue weighted by Crippen LogP contribution is 2.35. The number of nitrogens with one attached hydrogen (secondary N) is 2. The first-order valence-corrected chi connectivity index (χ1v) is 10.4. The second-order valence-corrected chi connectivity index (χ2v) is 8.21. The van der Waals surface area contributed by atoms with Crippen LogP contribution in [0.4, 0.5) is 14.9 Å². The molecule has 0 saturated carbocycles. The molecule has 0 spiro atoms. The van der Waals surface area contributed by atoms with Crippen molar-refractivity contribution in [1.29, 1.82) is 0 Å². The fourth-order valence-corrected chi connectivity index (χ4v) is 4.10. The topological polar surface area (TPSA) is 143 Å². The van der Waals surface area contributed by atoms with Gasteiger partial charge in [-0.15, -0.1) is 0 Å². The maximum absolute atomic E-state index is 14.5. The van der Waals surface area contributed by atoms with Crippen molar-refractivity contribution < 1.29 is 23.5 Å². The summed E-state index contributed by atoms with van der Waals surface area (Å²) in [6.45, 7) is 3.98. The van der Waals surface area contributed by atoms with Gasteiger partial charge in [-0.1, -0.05) is 6.92 Å². The van der Waals surface area contributed by atoms with E-state index in [4.69, 9.17) is 10.5 Å². The number of aromatic nitrogens is 3. The Morgan fingerprint density at radius 1 is 1.24 bits per heavy atom. The molecule has 3 amide bonds. The lowest BCUT2D eigenvalue weighted by Crippen LogP contribution is -2.46. The van der Waals surface area contributed by atoms with Gasteiger partial charge in [-0.2, -0.15) is 5.10 Å². The normalized spacial score (nSPS) is 18.2. The fraction of sp³-hybridized carbons (Fsp3) is 0.318. The van der Waals surface area contributed by atoms with Crippen molar-refractivity contribution in [3.05, 3.63) is 47.5 Å². The standard InChI is InChI=1S/C22H23FN6O4/c1-11-3-4-17(13-6-14-8-26-28-18(14)16(23)7-13)29(10-11)21(31)19(30)27-15-5-12(2)20(25-9-15)33-22(24)32/h5-9,11,17H,3-4,10H2,1-2H3,(H2,24,32)(H,26,28)(H,27,30). The second kappa shape index (κ2) is 8.85. The summed E-state index contributed by atoms with van der Waals surface area (Å²) in [6, 6.07) is 4.23. The molecule has 172 valence electrons. The number of nitrogens with two attached hydrogens (primary N) is 1. The number of likely N-dealkylation sites (tertiary alicyclic amines) is 1. The Morgan fingerprint density at radius 2 is 2.03 bits per heavy atom. The first kappa shape index (κ1) is 22.2. The second-order valence-electron chi connectivity index (χ2n) is 8.21. The molecule has 1 fully saturated rings. The number of piperidine rings is 1. The molecule has 1 aliphatic heterocycles. The lowest BCUT2D eigenvalue weighted by molar-refractivity contribution is -0.146. The molecule has 0 radical (unpaired) electrons. The predicted molar refractivity (Wildman–Crippen MR) is 117 cm³/mol. The third kappa shape index (κ3) is 4.61. The molecular formula is C22H23FN6O4. The number of benzene rings is 1. The van der Waals surface area contributed by atoms with Crippen LogP contribution in [0.5, 0.6) is 5.88 Å². The summed E-state index contributed by atoms with van der Waals surface area (Å²) in [5.74, 6) is -1.84. The number of hydrogen-bond acceptors (Lipinski definition) is 6. The van der Waals surface area contributed by atoms with E-state index in [0.29, 0.717) is 35.0 Å². The van der Waals surface area contributed by atoms with Gasteiger partial charge in [-0.25, -0.2) is 14.2 Å². The number of carbonyl (C=O) groups excluding carboxylic acids is 3. The van der Waals surface area contributed by atoms with E-state index in [2.05, 4.69) is 20.5 Å².